The molecule has 1 saturated heterocycles. The lowest BCUT2D eigenvalue weighted by Crippen LogP contribution is -2.50. The molecule has 31 heavy (non-hydrogen) atoms. The molecule has 2 aromatic rings. The van der Waals surface area contributed by atoms with Gasteiger partial charge in [-0.15, -0.1) is 0 Å². The molecule has 1 aliphatic heterocycles. The number of carbonyl (C=O) groups is 1. The lowest BCUT2D eigenvalue weighted by Gasteiger charge is -2.36. The van der Waals surface area contributed by atoms with E-state index in [1.807, 2.05) is 0 Å². The Balaban J connectivity index is 1.28. The second-order valence-electron chi connectivity index (χ2n) is 9.16. The minimum absolute atomic E-state index is 0.0483. The second-order valence-corrected chi connectivity index (χ2v) is 9.16. The van der Waals surface area contributed by atoms with Crippen LogP contribution in [0.4, 0.5) is 0 Å². The summed E-state index contributed by atoms with van der Waals surface area (Å²) in [6.45, 7) is 6.38. The summed E-state index contributed by atoms with van der Waals surface area (Å²) < 4.78 is 5.90. The van der Waals surface area contributed by atoms with Crippen molar-refractivity contribution in [2.75, 3.05) is 26.2 Å². The number of likely N-dealkylation sites (tertiary alicyclic amines) is 1. The van der Waals surface area contributed by atoms with Gasteiger partial charge in [-0.3, -0.25) is 4.79 Å². The van der Waals surface area contributed by atoms with Gasteiger partial charge in [0.2, 0.25) is 6.20 Å². The molecule has 1 aromatic heterocycles. The zero-order valence-corrected chi connectivity index (χ0v) is 18.5. The first kappa shape index (κ1) is 21.8. The molecule has 1 aliphatic carbocycles. The van der Waals surface area contributed by atoms with Crippen LogP contribution in [0.3, 0.4) is 0 Å². The van der Waals surface area contributed by atoms with Crippen molar-refractivity contribution in [3.8, 4) is 5.95 Å². The average molecular weight is 427 g/mol. The van der Waals surface area contributed by atoms with Crippen LogP contribution >= 0.6 is 0 Å². The molecule has 0 spiro atoms. The normalized spacial score (nSPS) is 18.5. The maximum Gasteiger partial charge on any atom is 0.291 e. The van der Waals surface area contributed by atoms with Gasteiger partial charge in [-0.25, -0.2) is 0 Å². The standard InChI is InChI=1S/C24H34N4O3/c1-19-6-2-3-7-21(19)12-15-26-13-10-20(11-14-26)16-28(22-8-4-5-9-22)23(29)17-27-18-24(30)31-25-27/h2-3,6-7,18,20,22H,4-5,8-17H2,1H3. The molecule has 0 atom stereocenters. The van der Waals surface area contributed by atoms with E-state index in [-0.39, 0.29) is 12.5 Å². The van der Waals surface area contributed by atoms with E-state index >= 15 is 0 Å². The Bertz CT molecular complexity index is 854. The molecule has 0 N–H and O–H groups in total. The number of amides is 1. The number of rotatable bonds is 8. The summed E-state index contributed by atoms with van der Waals surface area (Å²) in [7, 11) is 0. The topological polar surface area (TPSA) is 76.5 Å². The third kappa shape index (κ3) is 5.85. The van der Waals surface area contributed by atoms with Gasteiger partial charge in [-0.2, -0.15) is 0 Å². The van der Waals surface area contributed by atoms with E-state index in [2.05, 4.69) is 50.8 Å². The molecule has 4 rings (SSSR count). The highest BCUT2D eigenvalue weighted by Gasteiger charge is 2.32. The van der Waals surface area contributed by atoms with Gasteiger partial charge in [0.1, 0.15) is 5.95 Å². The van der Waals surface area contributed by atoms with Crippen LogP contribution < -0.4 is 9.79 Å². The number of hydrogen-bond acceptors (Lipinski definition) is 5. The average Bonchev–Trinajstić information content (AvgIpc) is 3.44. The highest BCUT2D eigenvalue weighted by Crippen LogP contribution is 2.27. The summed E-state index contributed by atoms with van der Waals surface area (Å²) >= 11 is 0. The van der Waals surface area contributed by atoms with Crippen LogP contribution in [0.5, 0.6) is 5.95 Å². The molecule has 168 valence electrons. The number of aryl methyl sites for hydroxylation is 1. The van der Waals surface area contributed by atoms with Crippen LogP contribution in [0.2, 0.25) is 0 Å². The summed E-state index contributed by atoms with van der Waals surface area (Å²) in [5, 5.41) is 14.9. The molecule has 2 aliphatic rings. The van der Waals surface area contributed by atoms with Crippen molar-refractivity contribution in [2.45, 2.75) is 64.5 Å². The van der Waals surface area contributed by atoms with Crippen LogP contribution in [0, 0.1) is 12.8 Å². The molecular formula is C24H34N4O3. The molecule has 0 unspecified atom stereocenters. The van der Waals surface area contributed by atoms with E-state index in [0.717, 1.165) is 58.3 Å². The fourth-order valence-electron chi connectivity index (χ4n) is 5.08. The second kappa shape index (κ2) is 10.3. The van der Waals surface area contributed by atoms with Crippen molar-refractivity contribution < 1.29 is 19.1 Å². The van der Waals surface area contributed by atoms with Gasteiger partial charge in [0.15, 0.2) is 0 Å². The molecule has 1 saturated carbocycles. The van der Waals surface area contributed by atoms with E-state index in [4.69, 9.17) is 0 Å². The molecule has 1 amide bonds. The third-order valence-corrected chi connectivity index (χ3v) is 6.99. The van der Waals surface area contributed by atoms with Gasteiger partial charge in [0.25, 0.3) is 12.5 Å². The third-order valence-electron chi connectivity index (χ3n) is 6.99. The molecule has 2 fully saturated rings. The quantitative estimate of drug-likeness (QED) is 0.604. The van der Waals surface area contributed by atoms with Crippen molar-refractivity contribution in [1.29, 1.82) is 0 Å². The Kier molecular flexibility index (Phi) is 7.22. The van der Waals surface area contributed by atoms with E-state index in [0.29, 0.717) is 12.0 Å². The van der Waals surface area contributed by atoms with Gasteiger partial charge in [-0.05, 0) is 69.2 Å². The van der Waals surface area contributed by atoms with Crippen LogP contribution in [-0.2, 0) is 17.8 Å². The summed E-state index contributed by atoms with van der Waals surface area (Å²) in [4.78, 5) is 17.7. The molecule has 2 heterocycles. The fourth-order valence-corrected chi connectivity index (χ4v) is 5.08. The Hall–Kier alpha value is -2.41. The minimum atomic E-state index is -0.515. The number of piperidine rings is 1. The fraction of sp³-hybridized carbons (Fsp3) is 0.625. The molecule has 0 radical (unpaired) electrons. The molecule has 7 nitrogen and oxygen atoms in total. The van der Waals surface area contributed by atoms with Crippen molar-refractivity contribution >= 4 is 5.91 Å². The molecule has 0 bridgehead atoms. The highest BCUT2D eigenvalue weighted by molar-refractivity contribution is 5.75. The van der Waals surface area contributed by atoms with E-state index in [1.165, 1.54) is 34.8 Å². The number of hydrogen-bond donors (Lipinski definition) is 0. The Morgan fingerprint density at radius 3 is 2.65 bits per heavy atom. The first-order valence-electron chi connectivity index (χ1n) is 11.7. The summed E-state index contributed by atoms with van der Waals surface area (Å²) in [6.07, 6.45) is 9.15. The summed E-state index contributed by atoms with van der Waals surface area (Å²) in [5.41, 5.74) is 2.81. The van der Waals surface area contributed by atoms with E-state index in [1.54, 1.807) is 0 Å². The van der Waals surface area contributed by atoms with Crippen molar-refractivity contribution in [2.24, 2.45) is 5.92 Å². The molecular weight excluding hydrogens is 392 g/mol. The van der Waals surface area contributed by atoms with Crippen LogP contribution in [0.1, 0.15) is 49.7 Å². The summed E-state index contributed by atoms with van der Waals surface area (Å²) in [5.74, 6) is 0.0714. The van der Waals surface area contributed by atoms with Crippen molar-refractivity contribution in [3.63, 3.8) is 0 Å². The number of nitrogens with zero attached hydrogens (tertiary/aromatic N) is 4. The Morgan fingerprint density at radius 2 is 1.97 bits per heavy atom. The Labute approximate surface area is 184 Å². The minimum Gasteiger partial charge on any atom is -0.539 e. The van der Waals surface area contributed by atoms with E-state index < -0.39 is 5.95 Å². The number of carbonyl (C=O) groups excluding carboxylic acids is 1. The first-order chi connectivity index (χ1) is 15.1. The monoisotopic (exact) mass is 426 g/mol. The van der Waals surface area contributed by atoms with Crippen molar-refractivity contribution in [3.05, 3.63) is 41.6 Å². The number of benzene rings is 1. The van der Waals surface area contributed by atoms with Gasteiger partial charge in [0.05, 0.1) is 5.27 Å². The molecule has 7 heteroatoms. The van der Waals surface area contributed by atoms with Gasteiger partial charge >= 0.3 is 0 Å². The predicted molar refractivity (Wildman–Crippen MR) is 114 cm³/mol. The van der Waals surface area contributed by atoms with Crippen LogP contribution in [0.15, 0.2) is 35.0 Å². The van der Waals surface area contributed by atoms with Gasteiger partial charge in [-0.1, -0.05) is 41.8 Å². The highest BCUT2D eigenvalue weighted by atomic mass is 16.6. The number of aromatic nitrogens is 2. The van der Waals surface area contributed by atoms with Gasteiger partial charge < -0.3 is 19.4 Å². The van der Waals surface area contributed by atoms with Crippen molar-refractivity contribution in [1.82, 2.24) is 15.1 Å². The smallest absolute Gasteiger partial charge is 0.291 e. The maximum atomic E-state index is 13.0. The first-order valence-corrected chi connectivity index (χ1v) is 11.7. The zero-order valence-electron chi connectivity index (χ0n) is 18.5. The van der Waals surface area contributed by atoms with E-state index in [9.17, 15) is 9.90 Å². The lowest BCUT2D eigenvalue weighted by molar-refractivity contribution is -0.751. The summed E-state index contributed by atoms with van der Waals surface area (Å²) in [6, 6.07) is 8.97. The lowest BCUT2D eigenvalue weighted by atomic mass is 9.94. The predicted octanol–water partition coefficient (Wildman–Crippen LogP) is 2.07. The van der Waals surface area contributed by atoms with Crippen LogP contribution in [-0.4, -0.2) is 53.2 Å². The molecule has 1 aromatic carbocycles. The van der Waals surface area contributed by atoms with Gasteiger partial charge in [0, 0.05) is 19.1 Å². The largest absolute Gasteiger partial charge is 0.539 e. The SMILES string of the molecule is Cc1ccccc1CCN1CCC(CN(C(=O)C[n+]2cc([O-])on2)C2CCCC2)CC1. The van der Waals surface area contributed by atoms with Crippen LogP contribution in [0.25, 0.3) is 0 Å². The Morgan fingerprint density at radius 1 is 1.23 bits per heavy atom. The maximum absolute atomic E-state index is 13.0. The zero-order chi connectivity index (χ0) is 21.6.